The molecule has 0 aliphatic rings. The van der Waals surface area contributed by atoms with E-state index >= 15 is 0 Å². The molecule has 162 valence electrons. The van der Waals surface area contributed by atoms with Gasteiger partial charge < -0.3 is 10.1 Å². The first-order valence-electron chi connectivity index (χ1n) is 9.63. The summed E-state index contributed by atoms with van der Waals surface area (Å²) in [6.45, 7) is 4.13. The highest BCUT2D eigenvalue weighted by atomic mass is 79.9. The van der Waals surface area contributed by atoms with Crippen LogP contribution in [0.1, 0.15) is 22.3 Å². The summed E-state index contributed by atoms with van der Waals surface area (Å²) < 4.78 is 6.90. The van der Waals surface area contributed by atoms with Gasteiger partial charge in [-0.25, -0.2) is 0 Å². The van der Waals surface area contributed by atoms with E-state index in [-0.39, 0.29) is 5.57 Å². The van der Waals surface area contributed by atoms with Gasteiger partial charge in [-0.1, -0.05) is 45.2 Å². The van der Waals surface area contributed by atoms with Gasteiger partial charge in [0, 0.05) is 25.8 Å². The lowest BCUT2D eigenvalue weighted by molar-refractivity contribution is -0.112. The molecule has 1 amide bonds. The lowest BCUT2D eigenvalue weighted by atomic mass is 10.0. The fourth-order valence-electron chi connectivity index (χ4n) is 3.13. The number of amides is 1. The molecule has 0 aliphatic heterocycles. The van der Waals surface area contributed by atoms with E-state index in [1.165, 1.54) is 0 Å². The highest BCUT2D eigenvalue weighted by molar-refractivity contribution is 9.10. The average Bonchev–Trinajstić information content (AvgIpc) is 2.74. The molecular weight excluding hydrogens is 511 g/mol. The van der Waals surface area contributed by atoms with E-state index in [1.54, 1.807) is 30.3 Å². The van der Waals surface area contributed by atoms with Crippen molar-refractivity contribution in [2.75, 3.05) is 5.32 Å². The molecule has 1 N–H and O–H groups in total. The Morgan fingerprint density at radius 3 is 2.34 bits per heavy atom. The summed E-state index contributed by atoms with van der Waals surface area (Å²) in [6, 6.07) is 18.1. The number of aryl methyl sites for hydroxylation is 2. The molecule has 3 aromatic rings. The largest absolute Gasteiger partial charge is 0.488 e. The van der Waals surface area contributed by atoms with Crippen molar-refractivity contribution in [1.29, 1.82) is 5.26 Å². The second kappa shape index (κ2) is 10.7. The fourth-order valence-corrected chi connectivity index (χ4v) is 3.86. The smallest absolute Gasteiger partial charge is 0.266 e. The quantitative estimate of drug-likeness (QED) is 0.265. The number of rotatable bonds is 6. The summed E-state index contributed by atoms with van der Waals surface area (Å²) in [7, 11) is 0. The van der Waals surface area contributed by atoms with Gasteiger partial charge in [0.05, 0.1) is 0 Å². The van der Waals surface area contributed by atoms with Gasteiger partial charge in [-0.05, 0) is 85.1 Å². The average molecular weight is 530 g/mol. The maximum Gasteiger partial charge on any atom is 0.266 e. The zero-order valence-electron chi connectivity index (χ0n) is 17.4. The number of halogens is 3. The van der Waals surface area contributed by atoms with Crippen LogP contribution in [0.2, 0.25) is 10.0 Å². The van der Waals surface area contributed by atoms with Crippen LogP contribution < -0.4 is 10.1 Å². The lowest BCUT2D eigenvalue weighted by Crippen LogP contribution is -2.13. The Bertz CT molecular complexity index is 1210. The number of ether oxygens (including phenoxy) is 1. The normalized spacial score (nSPS) is 11.1. The van der Waals surface area contributed by atoms with Gasteiger partial charge in [0.25, 0.3) is 5.91 Å². The molecule has 3 rings (SSSR count). The molecule has 0 spiro atoms. The number of benzene rings is 3. The monoisotopic (exact) mass is 528 g/mol. The molecule has 0 saturated heterocycles. The van der Waals surface area contributed by atoms with E-state index in [4.69, 9.17) is 27.9 Å². The number of nitrogens with zero attached hydrogens (tertiary/aromatic N) is 1. The number of carbonyl (C=O) groups is 1. The Balaban J connectivity index is 1.77. The summed E-state index contributed by atoms with van der Waals surface area (Å²) in [5.41, 5.74) is 3.94. The van der Waals surface area contributed by atoms with Gasteiger partial charge in [-0.3, -0.25) is 4.79 Å². The van der Waals surface area contributed by atoms with Crippen molar-refractivity contribution in [1.82, 2.24) is 0 Å². The summed E-state index contributed by atoms with van der Waals surface area (Å²) >= 11 is 15.5. The molecule has 0 unspecified atom stereocenters. The lowest BCUT2D eigenvalue weighted by Gasteiger charge is -2.14. The minimum Gasteiger partial charge on any atom is -0.488 e. The molecule has 0 saturated carbocycles. The van der Waals surface area contributed by atoms with Gasteiger partial charge in [-0.2, -0.15) is 5.26 Å². The minimum absolute atomic E-state index is 0.00772. The Kier molecular flexibility index (Phi) is 7.98. The van der Waals surface area contributed by atoms with Crippen LogP contribution in [0.3, 0.4) is 0 Å². The van der Waals surface area contributed by atoms with Crippen molar-refractivity contribution in [3.8, 4) is 11.8 Å². The molecule has 0 bridgehead atoms. The van der Waals surface area contributed by atoms with E-state index in [0.29, 0.717) is 22.3 Å². The maximum absolute atomic E-state index is 12.5. The first-order valence-corrected chi connectivity index (χ1v) is 11.2. The molecule has 0 atom stereocenters. The minimum atomic E-state index is -0.470. The van der Waals surface area contributed by atoms with Crippen molar-refractivity contribution in [2.24, 2.45) is 0 Å². The van der Waals surface area contributed by atoms with Crippen LogP contribution in [0.4, 0.5) is 5.69 Å². The fraction of sp³-hybridized carbons (Fsp3) is 0.120. The molecule has 0 aliphatic carbocycles. The van der Waals surface area contributed by atoms with Crippen LogP contribution >= 0.6 is 39.1 Å². The Morgan fingerprint density at radius 1 is 1.09 bits per heavy atom. The van der Waals surface area contributed by atoms with Crippen molar-refractivity contribution in [3.63, 3.8) is 0 Å². The van der Waals surface area contributed by atoms with E-state index < -0.39 is 5.91 Å². The predicted octanol–water partition coefficient (Wildman–Crippen LogP) is 7.50. The molecular formula is C25H19BrCl2N2O2. The topological polar surface area (TPSA) is 62.1 Å². The number of nitriles is 1. The van der Waals surface area contributed by atoms with Crippen LogP contribution in [0.15, 0.2) is 64.6 Å². The van der Waals surface area contributed by atoms with Crippen molar-refractivity contribution in [2.45, 2.75) is 20.5 Å². The van der Waals surface area contributed by atoms with Crippen molar-refractivity contribution >= 4 is 56.8 Å². The Morgan fingerprint density at radius 2 is 1.75 bits per heavy atom. The van der Waals surface area contributed by atoms with Gasteiger partial charge in [0.15, 0.2) is 0 Å². The first kappa shape index (κ1) is 23.9. The van der Waals surface area contributed by atoms with Gasteiger partial charge in [0.1, 0.15) is 24.0 Å². The Labute approximate surface area is 205 Å². The second-order valence-electron chi connectivity index (χ2n) is 7.14. The van der Waals surface area contributed by atoms with Crippen LogP contribution in [0, 0.1) is 25.2 Å². The summed E-state index contributed by atoms with van der Waals surface area (Å²) in [6.07, 6.45) is 1.56. The maximum atomic E-state index is 12.5. The first-order chi connectivity index (χ1) is 15.3. The van der Waals surface area contributed by atoms with Crippen molar-refractivity contribution < 1.29 is 9.53 Å². The second-order valence-corrected chi connectivity index (χ2v) is 8.90. The molecule has 3 aromatic carbocycles. The molecule has 0 fully saturated rings. The number of hydrogen-bond donors (Lipinski definition) is 1. The Hall–Kier alpha value is -2.78. The molecule has 0 aromatic heterocycles. The van der Waals surface area contributed by atoms with Crippen LogP contribution in [-0.2, 0) is 11.4 Å². The number of carbonyl (C=O) groups excluding carboxylic acids is 1. The number of hydrogen-bond acceptors (Lipinski definition) is 3. The zero-order valence-corrected chi connectivity index (χ0v) is 20.5. The summed E-state index contributed by atoms with van der Waals surface area (Å²) in [5.74, 6) is 0.258. The predicted molar refractivity (Wildman–Crippen MR) is 133 cm³/mol. The standard InChI is InChI=1S/C25H19BrCl2N2O2/c1-15-9-17(11-19(13-29)25(31)30-22-7-4-20(26)5-8-22)10-16(2)24(15)32-14-18-3-6-21(27)12-23(18)28/h3-12H,14H2,1-2H3,(H,30,31)/b19-11+. The SMILES string of the molecule is Cc1cc(/C=C(\C#N)C(=O)Nc2ccc(Br)cc2)cc(C)c1OCc1ccc(Cl)cc1Cl. The highest BCUT2D eigenvalue weighted by Crippen LogP contribution is 2.29. The van der Waals surface area contributed by atoms with Gasteiger partial charge >= 0.3 is 0 Å². The molecule has 32 heavy (non-hydrogen) atoms. The molecule has 0 radical (unpaired) electrons. The van der Waals surface area contributed by atoms with E-state index in [1.807, 2.05) is 50.2 Å². The third-order valence-electron chi connectivity index (χ3n) is 4.65. The third kappa shape index (κ3) is 6.14. The number of nitrogens with one attached hydrogen (secondary N) is 1. The summed E-state index contributed by atoms with van der Waals surface area (Å²) in [5, 5.41) is 13.3. The molecule has 0 heterocycles. The third-order valence-corrected chi connectivity index (χ3v) is 5.76. The van der Waals surface area contributed by atoms with E-state index in [0.717, 1.165) is 32.5 Å². The van der Waals surface area contributed by atoms with Crippen LogP contribution in [-0.4, -0.2) is 5.91 Å². The van der Waals surface area contributed by atoms with Crippen LogP contribution in [0.25, 0.3) is 6.08 Å². The molecule has 4 nitrogen and oxygen atoms in total. The zero-order chi connectivity index (χ0) is 23.3. The van der Waals surface area contributed by atoms with Gasteiger partial charge in [-0.15, -0.1) is 0 Å². The molecule has 7 heteroatoms. The van der Waals surface area contributed by atoms with Crippen molar-refractivity contribution in [3.05, 3.63) is 96.9 Å². The number of anilines is 1. The highest BCUT2D eigenvalue weighted by Gasteiger charge is 2.12. The van der Waals surface area contributed by atoms with Crippen LogP contribution in [0.5, 0.6) is 5.75 Å². The summed E-state index contributed by atoms with van der Waals surface area (Å²) in [4.78, 5) is 12.5. The van der Waals surface area contributed by atoms with Gasteiger partial charge in [0.2, 0.25) is 0 Å². The van der Waals surface area contributed by atoms with E-state index in [2.05, 4.69) is 21.2 Å². The van der Waals surface area contributed by atoms with E-state index in [9.17, 15) is 10.1 Å².